The van der Waals surface area contributed by atoms with Crippen LogP contribution in [0.2, 0.25) is 0 Å². The van der Waals surface area contributed by atoms with Gasteiger partial charge in [0.1, 0.15) is 0 Å². The van der Waals surface area contributed by atoms with E-state index in [2.05, 4.69) is 6.92 Å². The van der Waals surface area contributed by atoms with Crippen molar-refractivity contribution in [3.8, 4) is 0 Å². The van der Waals surface area contributed by atoms with Crippen LogP contribution in [0.3, 0.4) is 0 Å². The van der Waals surface area contributed by atoms with Gasteiger partial charge < -0.3 is 5.73 Å². The second kappa shape index (κ2) is 5.72. The zero-order valence-corrected chi connectivity index (χ0v) is 7.56. The number of nitrogens with two attached hydrogens (primary N) is 1. The molecule has 0 aliphatic heterocycles. The van der Waals surface area contributed by atoms with Crippen LogP contribution in [0.15, 0.2) is 0 Å². The monoisotopic (exact) mass is 143 g/mol. The Labute approximate surface area is 65.0 Å². The molecule has 0 radical (unpaired) electrons. The van der Waals surface area contributed by atoms with Gasteiger partial charge in [-0.05, 0) is 18.8 Å². The molecule has 62 valence electrons. The van der Waals surface area contributed by atoms with Crippen LogP contribution < -0.4 is 5.73 Å². The van der Waals surface area contributed by atoms with Crippen LogP contribution in [-0.2, 0) is 0 Å². The Kier molecular flexibility index (Phi) is 5.70. The van der Waals surface area contributed by atoms with E-state index in [-0.39, 0.29) is 0 Å². The molecule has 0 heterocycles. The Morgan fingerprint density at radius 3 is 1.90 bits per heavy atom. The highest BCUT2D eigenvalue weighted by molar-refractivity contribution is 4.73. The molecule has 0 aromatic heterocycles. The van der Waals surface area contributed by atoms with Crippen molar-refractivity contribution in [2.45, 2.75) is 52.5 Å². The molecule has 1 nitrogen and oxygen atoms in total. The Balaban J connectivity index is 0.000000371. The molecule has 2 N–H and O–H groups in total. The van der Waals surface area contributed by atoms with Crippen LogP contribution in [0.5, 0.6) is 0 Å². The molecule has 0 aromatic rings. The van der Waals surface area contributed by atoms with E-state index >= 15 is 0 Å². The maximum atomic E-state index is 5.78. The standard InChI is InChI=1S/C7H15N.C2H6/c1-6-4-2-3-5-7(6)8;1-2/h6-7H,2-5,8H2,1H3;1-2H3/t6-,7-;/m0./s1. The quantitative estimate of drug-likeness (QED) is 0.554. The van der Waals surface area contributed by atoms with E-state index in [1.165, 1.54) is 25.7 Å². The fraction of sp³-hybridized carbons (Fsp3) is 1.00. The molecule has 2 atom stereocenters. The summed E-state index contributed by atoms with van der Waals surface area (Å²) in [6.45, 7) is 6.25. The molecule has 0 spiro atoms. The Hall–Kier alpha value is -0.0400. The van der Waals surface area contributed by atoms with Gasteiger partial charge in [0.2, 0.25) is 0 Å². The van der Waals surface area contributed by atoms with E-state index in [9.17, 15) is 0 Å². The van der Waals surface area contributed by atoms with Crippen LogP contribution in [0, 0.1) is 5.92 Å². The maximum Gasteiger partial charge on any atom is 0.00645 e. The minimum Gasteiger partial charge on any atom is -0.327 e. The zero-order valence-electron chi connectivity index (χ0n) is 7.56. The van der Waals surface area contributed by atoms with Crippen molar-refractivity contribution in [2.75, 3.05) is 0 Å². The third kappa shape index (κ3) is 3.21. The molecule has 0 saturated heterocycles. The first-order valence-electron chi connectivity index (χ1n) is 4.56. The van der Waals surface area contributed by atoms with Crippen molar-refractivity contribution >= 4 is 0 Å². The molecule has 0 aromatic carbocycles. The average Bonchev–Trinajstić information content (AvgIpc) is 2.00. The Morgan fingerprint density at radius 1 is 1.10 bits per heavy atom. The summed E-state index contributed by atoms with van der Waals surface area (Å²) < 4.78 is 0. The largest absolute Gasteiger partial charge is 0.327 e. The molecule has 1 saturated carbocycles. The van der Waals surface area contributed by atoms with E-state index in [4.69, 9.17) is 5.73 Å². The normalized spacial score (nSPS) is 32.4. The minimum atomic E-state index is 0.503. The average molecular weight is 143 g/mol. The van der Waals surface area contributed by atoms with E-state index in [1.54, 1.807) is 0 Å². The molecule has 10 heavy (non-hydrogen) atoms. The smallest absolute Gasteiger partial charge is 0.00645 e. The summed E-state index contributed by atoms with van der Waals surface area (Å²) in [4.78, 5) is 0. The lowest BCUT2D eigenvalue weighted by Gasteiger charge is -2.24. The Morgan fingerprint density at radius 2 is 1.60 bits per heavy atom. The van der Waals surface area contributed by atoms with Gasteiger partial charge in [-0.3, -0.25) is 0 Å². The van der Waals surface area contributed by atoms with Gasteiger partial charge in [0.15, 0.2) is 0 Å². The SMILES string of the molecule is CC.C[C@H]1CCCC[C@@H]1N. The van der Waals surface area contributed by atoms with Crippen molar-refractivity contribution in [3.05, 3.63) is 0 Å². The van der Waals surface area contributed by atoms with Crippen molar-refractivity contribution in [2.24, 2.45) is 11.7 Å². The van der Waals surface area contributed by atoms with Gasteiger partial charge in [-0.25, -0.2) is 0 Å². The maximum absolute atomic E-state index is 5.78. The lowest BCUT2D eigenvalue weighted by atomic mass is 9.87. The highest BCUT2D eigenvalue weighted by atomic mass is 14.6. The van der Waals surface area contributed by atoms with Crippen molar-refractivity contribution in [1.29, 1.82) is 0 Å². The summed E-state index contributed by atoms with van der Waals surface area (Å²) in [6.07, 6.45) is 5.35. The predicted molar refractivity (Wildman–Crippen MR) is 47.0 cm³/mol. The van der Waals surface area contributed by atoms with Gasteiger partial charge in [0.25, 0.3) is 0 Å². The highest BCUT2D eigenvalue weighted by Gasteiger charge is 2.15. The second-order valence-corrected chi connectivity index (χ2v) is 2.93. The highest BCUT2D eigenvalue weighted by Crippen LogP contribution is 2.21. The number of hydrogen-bond acceptors (Lipinski definition) is 1. The molecule has 0 unspecified atom stereocenters. The van der Waals surface area contributed by atoms with Gasteiger partial charge in [0.05, 0.1) is 0 Å². The first-order chi connectivity index (χ1) is 4.80. The summed E-state index contributed by atoms with van der Waals surface area (Å²) in [5.74, 6) is 0.781. The topological polar surface area (TPSA) is 26.0 Å². The number of hydrogen-bond donors (Lipinski definition) is 1. The molecular weight excluding hydrogens is 122 g/mol. The predicted octanol–water partition coefficient (Wildman–Crippen LogP) is 2.55. The van der Waals surface area contributed by atoms with E-state index in [1.807, 2.05) is 13.8 Å². The lowest BCUT2D eigenvalue weighted by Crippen LogP contribution is -2.30. The molecule has 1 fully saturated rings. The molecule has 0 bridgehead atoms. The lowest BCUT2D eigenvalue weighted by molar-refractivity contribution is 0.331. The van der Waals surface area contributed by atoms with Crippen LogP contribution in [0.25, 0.3) is 0 Å². The van der Waals surface area contributed by atoms with Crippen LogP contribution in [0.4, 0.5) is 0 Å². The first-order valence-corrected chi connectivity index (χ1v) is 4.56. The summed E-state index contributed by atoms with van der Waals surface area (Å²) in [6, 6.07) is 0.503. The van der Waals surface area contributed by atoms with Crippen LogP contribution in [-0.4, -0.2) is 6.04 Å². The van der Waals surface area contributed by atoms with E-state index < -0.39 is 0 Å². The fourth-order valence-electron chi connectivity index (χ4n) is 1.34. The van der Waals surface area contributed by atoms with Gasteiger partial charge in [-0.2, -0.15) is 0 Å². The molecular formula is C9H21N. The molecule has 1 rings (SSSR count). The van der Waals surface area contributed by atoms with Gasteiger partial charge in [-0.1, -0.05) is 33.6 Å². The molecule has 1 heteroatoms. The minimum absolute atomic E-state index is 0.503. The van der Waals surface area contributed by atoms with Crippen molar-refractivity contribution < 1.29 is 0 Å². The first kappa shape index (κ1) is 9.96. The molecule has 1 aliphatic rings. The van der Waals surface area contributed by atoms with Crippen molar-refractivity contribution in [1.82, 2.24) is 0 Å². The van der Waals surface area contributed by atoms with E-state index in [0.717, 1.165) is 5.92 Å². The summed E-state index contributed by atoms with van der Waals surface area (Å²) in [7, 11) is 0. The van der Waals surface area contributed by atoms with Crippen LogP contribution >= 0.6 is 0 Å². The van der Waals surface area contributed by atoms with Gasteiger partial charge in [-0.15, -0.1) is 0 Å². The molecule has 1 aliphatic carbocycles. The third-order valence-electron chi connectivity index (χ3n) is 2.18. The summed E-state index contributed by atoms with van der Waals surface area (Å²) >= 11 is 0. The molecule has 0 amide bonds. The van der Waals surface area contributed by atoms with E-state index in [0.29, 0.717) is 6.04 Å². The fourth-order valence-corrected chi connectivity index (χ4v) is 1.34. The third-order valence-corrected chi connectivity index (χ3v) is 2.18. The van der Waals surface area contributed by atoms with Gasteiger partial charge >= 0.3 is 0 Å². The Bertz CT molecular complexity index is 61.1. The summed E-state index contributed by atoms with van der Waals surface area (Å²) in [5, 5.41) is 0. The summed E-state index contributed by atoms with van der Waals surface area (Å²) in [5.41, 5.74) is 5.78. The second-order valence-electron chi connectivity index (χ2n) is 2.93. The number of rotatable bonds is 0. The zero-order chi connectivity index (χ0) is 7.98. The van der Waals surface area contributed by atoms with Crippen molar-refractivity contribution in [3.63, 3.8) is 0 Å². The van der Waals surface area contributed by atoms with Gasteiger partial charge in [0, 0.05) is 6.04 Å². The van der Waals surface area contributed by atoms with Crippen LogP contribution in [0.1, 0.15) is 46.5 Å².